The lowest BCUT2D eigenvalue weighted by atomic mass is 10.2. The van der Waals surface area contributed by atoms with Crippen molar-refractivity contribution in [3.8, 4) is 0 Å². The molecule has 0 aliphatic heterocycles. The number of aryl methyl sites for hydroxylation is 2. The Morgan fingerprint density at radius 3 is 2.56 bits per heavy atom. The van der Waals surface area contributed by atoms with Crippen molar-refractivity contribution in [1.29, 1.82) is 0 Å². The summed E-state index contributed by atoms with van der Waals surface area (Å²) in [6.07, 6.45) is 0. The van der Waals surface area contributed by atoms with Crippen molar-refractivity contribution in [2.45, 2.75) is 18.4 Å². The number of thioether (sulfide) groups is 1. The molecule has 0 unspecified atom stereocenters. The molecule has 0 atom stereocenters. The van der Waals surface area contributed by atoms with Gasteiger partial charge >= 0.3 is 0 Å². The number of nitrogens with zero attached hydrogens (tertiary/aromatic N) is 2. The largest absolute Gasteiger partial charge is 0.257 e. The molecule has 0 N–H and O–H groups in total. The first-order valence-electron chi connectivity index (χ1n) is 5.58. The van der Waals surface area contributed by atoms with Gasteiger partial charge < -0.3 is 0 Å². The van der Waals surface area contributed by atoms with Crippen LogP contribution in [0.5, 0.6) is 0 Å². The summed E-state index contributed by atoms with van der Waals surface area (Å²) in [5.41, 5.74) is 3.26. The Balaban J connectivity index is 1.99. The molecule has 0 saturated heterocycles. The fourth-order valence-corrected chi connectivity index (χ4v) is 3.44. The Morgan fingerprint density at radius 2 is 1.94 bits per heavy atom. The number of benzene rings is 1. The third kappa shape index (κ3) is 3.02. The first-order chi connectivity index (χ1) is 8.59. The molecule has 5 heteroatoms. The number of hydrogen-bond acceptors (Lipinski definition) is 2. The predicted molar refractivity (Wildman–Crippen MR) is 79.4 cm³/mol. The van der Waals surface area contributed by atoms with Gasteiger partial charge in [0, 0.05) is 29.1 Å². The van der Waals surface area contributed by atoms with Crippen LogP contribution in [0, 0.1) is 6.92 Å². The summed E-state index contributed by atoms with van der Waals surface area (Å²) >= 11 is 14.1. The van der Waals surface area contributed by atoms with E-state index in [0.717, 1.165) is 38.5 Å². The van der Waals surface area contributed by atoms with Crippen LogP contribution in [0.25, 0.3) is 0 Å². The zero-order chi connectivity index (χ0) is 13.1. The third-order valence-corrected chi connectivity index (χ3v) is 4.58. The van der Waals surface area contributed by atoms with Crippen LogP contribution in [-0.4, -0.2) is 9.78 Å². The maximum atomic E-state index is 6.19. The van der Waals surface area contributed by atoms with Gasteiger partial charge in [-0.2, -0.15) is 16.9 Å². The molecule has 1 aromatic heterocycles. The van der Waals surface area contributed by atoms with E-state index in [0.29, 0.717) is 0 Å². The molecule has 0 saturated carbocycles. The van der Waals surface area contributed by atoms with Crippen LogP contribution < -0.4 is 0 Å². The smallest absolute Gasteiger partial charge is 0.131 e. The first kappa shape index (κ1) is 13.8. The lowest BCUT2D eigenvalue weighted by Gasteiger charge is -2.04. The Hall–Kier alpha value is -0.640. The average Bonchev–Trinajstić information content (AvgIpc) is 2.58. The minimum Gasteiger partial charge on any atom is -0.257 e. The Kier molecular flexibility index (Phi) is 4.60. The average molecular weight is 301 g/mol. The van der Waals surface area contributed by atoms with Crippen LogP contribution in [0.2, 0.25) is 10.2 Å². The van der Waals surface area contributed by atoms with E-state index in [9.17, 15) is 0 Å². The van der Waals surface area contributed by atoms with Gasteiger partial charge in [-0.15, -0.1) is 0 Å². The normalized spacial score (nSPS) is 10.9. The fourth-order valence-electron chi connectivity index (χ4n) is 1.72. The van der Waals surface area contributed by atoms with Gasteiger partial charge in [0.25, 0.3) is 0 Å². The molecule has 18 heavy (non-hydrogen) atoms. The number of halogens is 2. The minimum atomic E-state index is 0.721. The van der Waals surface area contributed by atoms with E-state index >= 15 is 0 Å². The zero-order valence-corrected chi connectivity index (χ0v) is 12.6. The number of aromatic nitrogens is 2. The quantitative estimate of drug-likeness (QED) is 0.829. The molecule has 0 amide bonds. The van der Waals surface area contributed by atoms with Crippen molar-refractivity contribution < 1.29 is 0 Å². The SMILES string of the molecule is Cc1nn(C)c(Cl)c1CSCc1ccccc1Cl. The van der Waals surface area contributed by atoms with Gasteiger partial charge in [-0.05, 0) is 18.6 Å². The summed E-state index contributed by atoms with van der Waals surface area (Å²) in [5.74, 6) is 1.73. The standard InChI is InChI=1S/C13H14Cl2N2S/c1-9-11(13(15)17(2)16-9)8-18-7-10-5-3-4-6-12(10)14/h3-6H,7-8H2,1-2H3. The predicted octanol–water partition coefficient (Wildman–Crippen LogP) is 4.47. The topological polar surface area (TPSA) is 17.8 Å². The Bertz CT molecular complexity index is 552. The highest BCUT2D eigenvalue weighted by Gasteiger charge is 2.11. The summed E-state index contributed by atoms with van der Waals surface area (Å²) in [4.78, 5) is 0. The molecule has 0 radical (unpaired) electrons. The summed E-state index contributed by atoms with van der Waals surface area (Å²) in [5, 5.41) is 5.84. The van der Waals surface area contributed by atoms with Gasteiger partial charge in [-0.25, -0.2) is 0 Å². The Morgan fingerprint density at radius 1 is 1.22 bits per heavy atom. The lowest BCUT2D eigenvalue weighted by Crippen LogP contribution is -1.89. The number of rotatable bonds is 4. The highest BCUT2D eigenvalue weighted by atomic mass is 35.5. The van der Waals surface area contributed by atoms with E-state index < -0.39 is 0 Å². The van der Waals surface area contributed by atoms with Gasteiger partial charge in [0.15, 0.2) is 0 Å². The summed E-state index contributed by atoms with van der Waals surface area (Å²) in [7, 11) is 1.86. The molecule has 2 nitrogen and oxygen atoms in total. The molecule has 0 aliphatic carbocycles. The van der Waals surface area contributed by atoms with Crippen LogP contribution in [0.3, 0.4) is 0 Å². The van der Waals surface area contributed by atoms with Crippen molar-refractivity contribution >= 4 is 35.0 Å². The van der Waals surface area contributed by atoms with E-state index in [1.165, 1.54) is 0 Å². The first-order valence-corrected chi connectivity index (χ1v) is 7.49. The fraction of sp³-hybridized carbons (Fsp3) is 0.308. The van der Waals surface area contributed by atoms with Crippen molar-refractivity contribution in [2.24, 2.45) is 7.05 Å². The van der Waals surface area contributed by atoms with Crippen LogP contribution in [-0.2, 0) is 18.6 Å². The molecular weight excluding hydrogens is 287 g/mol. The summed E-state index contributed by atoms with van der Waals surface area (Å²) in [6.45, 7) is 1.98. The second-order valence-corrected chi connectivity index (χ2v) is 5.81. The van der Waals surface area contributed by atoms with E-state index in [1.54, 1.807) is 16.4 Å². The van der Waals surface area contributed by atoms with Gasteiger partial charge in [0.05, 0.1) is 5.69 Å². The minimum absolute atomic E-state index is 0.721. The third-order valence-electron chi connectivity index (χ3n) is 2.73. The monoisotopic (exact) mass is 300 g/mol. The van der Waals surface area contributed by atoms with Crippen LogP contribution in [0.15, 0.2) is 24.3 Å². The van der Waals surface area contributed by atoms with Crippen molar-refractivity contribution in [3.05, 3.63) is 51.3 Å². The maximum Gasteiger partial charge on any atom is 0.131 e. The maximum absolute atomic E-state index is 6.19. The Labute approximate surface area is 121 Å². The van der Waals surface area contributed by atoms with Gasteiger partial charge in [-0.1, -0.05) is 41.4 Å². The highest BCUT2D eigenvalue weighted by molar-refractivity contribution is 7.97. The van der Waals surface area contributed by atoms with Gasteiger partial charge in [0.1, 0.15) is 5.15 Å². The van der Waals surface area contributed by atoms with Gasteiger partial charge in [-0.3, -0.25) is 4.68 Å². The van der Waals surface area contributed by atoms with Crippen molar-refractivity contribution in [3.63, 3.8) is 0 Å². The molecule has 2 aromatic rings. The van der Waals surface area contributed by atoms with E-state index in [-0.39, 0.29) is 0 Å². The van der Waals surface area contributed by atoms with Crippen molar-refractivity contribution in [2.75, 3.05) is 0 Å². The molecule has 1 heterocycles. The molecule has 2 rings (SSSR count). The molecule has 1 aromatic carbocycles. The lowest BCUT2D eigenvalue weighted by molar-refractivity contribution is 0.757. The second-order valence-electron chi connectivity index (χ2n) is 4.06. The summed E-state index contributed by atoms with van der Waals surface area (Å²) < 4.78 is 1.71. The molecule has 96 valence electrons. The molecule has 0 bridgehead atoms. The summed E-state index contributed by atoms with van der Waals surface area (Å²) in [6, 6.07) is 7.91. The van der Waals surface area contributed by atoms with Crippen LogP contribution in [0.4, 0.5) is 0 Å². The highest BCUT2D eigenvalue weighted by Crippen LogP contribution is 2.27. The molecule has 0 fully saturated rings. The van der Waals surface area contributed by atoms with Crippen LogP contribution >= 0.6 is 35.0 Å². The molecule has 0 aliphatic rings. The van der Waals surface area contributed by atoms with Gasteiger partial charge in [0.2, 0.25) is 0 Å². The van der Waals surface area contributed by atoms with Crippen molar-refractivity contribution in [1.82, 2.24) is 9.78 Å². The van der Waals surface area contributed by atoms with E-state index in [1.807, 2.05) is 38.2 Å². The van der Waals surface area contributed by atoms with Crippen LogP contribution in [0.1, 0.15) is 16.8 Å². The zero-order valence-electron chi connectivity index (χ0n) is 10.3. The molecular formula is C13H14Cl2N2S. The number of hydrogen-bond donors (Lipinski definition) is 0. The van der Waals surface area contributed by atoms with E-state index in [2.05, 4.69) is 5.10 Å². The second kappa shape index (κ2) is 6.00. The van der Waals surface area contributed by atoms with E-state index in [4.69, 9.17) is 23.2 Å². The molecule has 0 spiro atoms.